The summed E-state index contributed by atoms with van der Waals surface area (Å²) >= 11 is 0. The molecule has 2 rings (SSSR count). The Labute approximate surface area is 165 Å². The van der Waals surface area contributed by atoms with Crippen molar-refractivity contribution < 1.29 is 24.2 Å². The molecule has 154 valence electrons. The van der Waals surface area contributed by atoms with E-state index in [1.54, 1.807) is 53.7 Å². The molecule has 0 unspecified atom stereocenters. The molecule has 0 aromatic carbocycles. The second-order valence-corrected chi connectivity index (χ2v) is 8.39. The molecular formula is C20H29N3O5. The van der Waals surface area contributed by atoms with Gasteiger partial charge in [0.05, 0.1) is 0 Å². The van der Waals surface area contributed by atoms with Crippen molar-refractivity contribution in [1.29, 1.82) is 0 Å². The van der Waals surface area contributed by atoms with Crippen LogP contribution in [0, 0.1) is 5.92 Å². The number of nitrogens with one attached hydrogen (secondary N) is 1. The summed E-state index contributed by atoms with van der Waals surface area (Å²) in [6.07, 6.45) is 1.18. The molecule has 0 aliphatic carbocycles. The SMILES string of the molecule is CC[C@@]1(C(=O)O)Cc2cccnc2N1C(=O)[C@@H](NC(=O)OC(C)(C)C)C(C)C. The van der Waals surface area contributed by atoms with Gasteiger partial charge in [0.1, 0.15) is 17.5 Å². The number of carboxylic acids is 1. The highest BCUT2D eigenvalue weighted by atomic mass is 16.6. The van der Waals surface area contributed by atoms with Crippen molar-refractivity contribution in [3.05, 3.63) is 23.9 Å². The zero-order chi connectivity index (χ0) is 21.3. The predicted octanol–water partition coefficient (Wildman–Crippen LogP) is 2.75. The van der Waals surface area contributed by atoms with Crippen LogP contribution in [0.1, 0.15) is 53.5 Å². The van der Waals surface area contributed by atoms with Crippen LogP contribution in [0.2, 0.25) is 0 Å². The smallest absolute Gasteiger partial charge is 0.408 e. The summed E-state index contributed by atoms with van der Waals surface area (Å²) in [7, 11) is 0. The lowest BCUT2D eigenvalue weighted by Crippen LogP contribution is -2.61. The van der Waals surface area contributed by atoms with E-state index in [4.69, 9.17) is 4.74 Å². The number of aromatic nitrogens is 1. The molecule has 0 radical (unpaired) electrons. The first-order valence-electron chi connectivity index (χ1n) is 9.44. The van der Waals surface area contributed by atoms with Crippen LogP contribution in [0.25, 0.3) is 0 Å². The number of aliphatic carboxylic acids is 1. The zero-order valence-corrected chi connectivity index (χ0v) is 17.3. The van der Waals surface area contributed by atoms with E-state index in [0.29, 0.717) is 11.4 Å². The monoisotopic (exact) mass is 391 g/mol. The number of carboxylic acid groups (broad SMARTS) is 1. The summed E-state index contributed by atoms with van der Waals surface area (Å²) in [5.74, 6) is -1.56. The van der Waals surface area contributed by atoms with Crippen molar-refractivity contribution in [2.75, 3.05) is 4.90 Å². The first kappa shape index (κ1) is 21.7. The second-order valence-electron chi connectivity index (χ2n) is 8.39. The van der Waals surface area contributed by atoms with E-state index in [0.717, 1.165) is 0 Å². The largest absolute Gasteiger partial charge is 0.479 e. The van der Waals surface area contributed by atoms with Crippen molar-refractivity contribution in [3.8, 4) is 0 Å². The van der Waals surface area contributed by atoms with Crippen LogP contribution in [-0.2, 0) is 20.7 Å². The van der Waals surface area contributed by atoms with E-state index < -0.39 is 35.2 Å². The molecule has 1 aromatic rings. The number of nitrogens with zero attached hydrogens (tertiary/aromatic N) is 2. The highest BCUT2D eigenvalue weighted by Gasteiger charge is 2.54. The molecule has 2 atom stereocenters. The van der Waals surface area contributed by atoms with E-state index in [2.05, 4.69) is 10.3 Å². The standard InChI is InChI=1S/C20H29N3O5/c1-7-20(17(25)26)11-13-9-8-10-21-15(13)23(20)16(24)14(12(2)3)22-18(27)28-19(4,5)6/h8-10,12,14H,7,11H2,1-6H3,(H,22,27)(H,25,26)/t14-,20-/m0/s1. The first-order valence-corrected chi connectivity index (χ1v) is 9.44. The fraction of sp³-hybridized carbons (Fsp3) is 0.600. The number of ether oxygens (including phenoxy) is 1. The molecule has 8 heteroatoms. The maximum atomic E-state index is 13.5. The Morgan fingerprint density at radius 1 is 1.36 bits per heavy atom. The van der Waals surface area contributed by atoms with E-state index in [-0.39, 0.29) is 18.8 Å². The summed E-state index contributed by atoms with van der Waals surface area (Å²) in [6.45, 7) is 10.5. The number of fused-ring (bicyclic) bond motifs is 1. The molecule has 0 saturated carbocycles. The van der Waals surface area contributed by atoms with Crippen LogP contribution in [0.15, 0.2) is 18.3 Å². The predicted molar refractivity (Wildman–Crippen MR) is 104 cm³/mol. The van der Waals surface area contributed by atoms with Gasteiger partial charge in [-0.1, -0.05) is 26.8 Å². The molecule has 1 aromatic heterocycles. The molecule has 1 aliphatic rings. The highest BCUT2D eigenvalue weighted by Crippen LogP contribution is 2.40. The Morgan fingerprint density at radius 3 is 2.50 bits per heavy atom. The van der Waals surface area contributed by atoms with Crippen LogP contribution >= 0.6 is 0 Å². The van der Waals surface area contributed by atoms with Gasteiger partial charge in [-0.25, -0.2) is 14.6 Å². The average Bonchev–Trinajstić information content (AvgIpc) is 2.93. The Kier molecular flexibility index (Phi) is 6.01. The van der Waals surface area contributed by atoms with E-state index in [9.17, 15) is 19.5 Å². The van der Waals surface area contributed by atoms with Gasteiger partial charge < -0.3 is 15.2 Å². The third-order valence-electron chi connectivity index (χ3n) is 4.80. The van der Waals surface area contributed by atoms with E-state index >= 15 is 0 Å². The quantitative estimate of drug-likeness (QED) is 0.799. The minimum absolute atomic E-state index is 0.172. The number of alkyl carbamates (subject to hydrolysis) is 1. The summed E-state index contributed by atoms with van der Waals surface area (Å²) < 4.78 is 5.27. The van der Waals surface area contributed by atoms with Crippen LogP contribution in [0.5, 0.6) is 0 Å². The lowest BCUT2D eigenvalue weighted by Gasteiger charge is -2.37. The maximum absolute atomic E-state index is 13.5. The topological polar surface area (TPSA) is 109 Å². The lowest BCUT2D eigenvalue weighted by atomic mass is 9.90. The van der Waals surface area contributed by atoms with Gasteiger partial charge in [0.25, 0.3) is 5.91 Å². The third-order valence-corrected chi connectivity index (χ3v) is 4.80. The molecule has 2 amide bonds. The van der Waals surface area contributed by atoms with Crippen molar-refractivity contribution in [1.82, 2.24) is 10.3 Å². The molecule has 0 fully saturated rings. The van der Waals surface area contributed by atoms with Gasteiger partial charge in [0.2, 0.25) is 0 Å². The first-order chi connectivity index (χ1) is 12.9. The Bertz CT molecular complexity index is 771. The van der Waals surface area contributed by atoms with E-state index in [1.165, 1.54) is 11.1 Å². The number of pyridine rings is 1. The number of carbonyl (C=O) groups is 3. The van der Waals surface area contributed by atoms with Gasteiger partial charge in [-0.15, -0.1) is 0 Å². The summed E-state index contributed by atoms with van der Waals surface area (Å²) in [6, 6.07) is 2.54. The normalized spacial score (nSPS) is 19.9. The van der Waals surface area contributed by atoms with E-state index in [1.807, 2.05) is 0 Å². The average molecular weight is 391 g/mol. The molecule has 28 heavy (non-hydrogen) atoms. The zero-order valence-electron chi connectivity index (χ0n) is 17.3. The molecule has 0 spiro atoms. The third kappa shape index (κ3) is 4.10. The summed E-state index contributed by atoms with van der Waals surface area (Å²) in [5, 5.41) is 12.6. The Hall–Kier alpha value is -2.64. The molecule has 1 aliphatic heterocycles. The van der Waals surface area contributed by atoms with Crippen molar-refractivity contribution in [3.63, 3.8) is 0 Å². The Morgan fingerprint density at radius 2 is 2.00 bits per heavy atom. The van der Waals surface area contributed by atoms with Crippen LogP contribution in [-0.4, -0.2) is 45.2 Å². The Balaban J connectivity index is 2.43. The number of hydrogen-bond donors (Lipinski definition) is 2. The molecule has 0 saturated heterocycles. The number of carbonyl (C=O) groups excluding carboxylic acids is 2. The van der Waals surface area contributed by atoms with Crippen LogP contribution in [0.3, 0.4) is 0 Å². The fourth-order valence-electron chi connectivity index (χ4n) is 3.37. The molecule has 0 bridgehead atoms. The van der Waals surface area contributed by atoms with Gasteiger partial charge in [-0.05, 0) is 44.7 Å². The van der Waals surface area contributed by atoms with Crippen LogP contribution in [0.4, 0.5) is 10.6 Å². The second kappa shape index (κ2) is 7.77. The van der Waals surface area contributed by atoms with Gasteiger partial charge in [-0.3, -0.25) is 9.69 Å². The number of hydrogen-bond acceptors (Lipinski definition) is 5. The molecule has 2 N–H and O–H groups in total. The minimum atomic E-state index is -1.43. The van der Waals surface area contributed by atoms with Gasteiger partial charge in [0.15, 0.2) is 5.54 Å². The van der Waals surface area contributed by atoms with Crippen LogP contribution < -0.4 is 10.2 Å². The molecular weight excluding hydrogens is 362 g/mol. The van der Waals surface area contributed by atoms with Crippen molar-refractivity contribution in [2.24, 2.45) is 5.92 Å². The summed E-state index contributed by atoms with van der Waals surface area (Å²) in [5.41, 5.74) is -1.46. The minimum Gasteiger partial charge on any atom is -0.479 e. The molecule has 8 nitrogen and oxygen atoms in total. The van der Waals surface area contributed by atoms with Crippen molar-refractivity contribution in [2.45, 2.75) is 71.6 Å². The molecule has 2 heterocycles. The number of amides is 2. The summed E-state index contributed by atoms with van der Waals surface area (Å²) in [4.78, 5) is 43.5. The van der Waals surface area contributed by atoms with Gasteiger partial charge in [0, 0.05) is 12.6 Å². The fourth-order valence-corrected chi connectivity index (χ4v) is 3.37. The number of anilines is 1. The maximum Gasteiger partial charge on any atom is 0.408 e. The van der Waals surface area contributed by atoms with Crippen molar-refractivity contribution >= 4 is 23.8 Å². The van der Waals surface area contributed by atoms with Gasteiger partial charge in [-0.2, -0.15) is 0 Å². The number of rotatable bonds is 5. The highest BCUT2D eigenvalue weighted by molar-refractivity contribution is 6.06. The van der Waals surface area contributed by atoms with Gasteiger partial charge >= 0.3 is 12.1 Å². The lowest BCUT2D eigenvalue weighted by molar-refractivity contribution is -0.145.